The summed E-state index contributed by atoms with van der Waals surface area (Å²) in [5.41, 5.74) is 2.20. The largest absolute Gasteiger partial charge is 0.342 e. The van der Waals surface area contributed by atoms with Gasteiger partial charge in [0.1, 0.15) is 0 Å². The Labute approximate surface area is 161 Å². The Morgan fingerprint density at radius 2 is 2.04 bits per heavy atom. The molecule has 134 valence electrons. The van der Waals surface area contributed by atoms with Crippen LogP contribution in [0.15, 0.2) is 46.9 Å². The number of rotatable bonds is 5. The summed E-state index contributed by atoms with van der Waals surface area (Å²) in [6, 6.07) is 12.3. The summed E-state index contributed by atoms with van der Waals surface area (Å²) >= 11 is 3.10. The van der Waals surface area contributed by atoms with E-state index in [-0.39, 0.29) is 5.91 Å². The van der Waals surface area contributed by atoms with Gasteiger partial charge in [-0.25, -0.2) is 0 Å². The molecule has 0 aliphatic carbocycles. The Balaban J connectivity index is 1.65. The lowest BCUT2D eigenvalue weighted by molar-refractivity contribution is -0.127. The molecular weight excluding hydrogens is 364 g/mol. The van der Waals surface area contributed by atoms with Crippen LogP contribution in [-0.2, 0) is 4.79 Å². The zero-order chi connectivity index (χ0) is 17.9. The molecular formula is C19H20N4OS2. The highest BCUT2D eigenvalue weighted by atomic mass is 32.2. The van der Waals surface area contributed by atoms with Gasteiger partial charge in [0.05, 0.1) is 16.3 Å². The van der Waals surface area contributed by atoms with Crippen molar-refractivity contribution >= 4 is 29.0 Å². The predicted molar refractivity (Wildman–Crippen MR) is 106 cm³/mol. The molecule has 0 spiro atoms. The van der Waals surface area contributed by atoms with E-state index < -0.39 is 0 Å². The van der Waals surface area contributed by atoms with Crippen LogP contribution in [0.4, 0.5) is 0 Å². The monoisotopic (exact) mass is 384 g/mol. The van der Waals surface area contributed by atoms with E-state index >= 15 is 0 Å². The number of thioether (sulfide) groups is 1. The number of likely N-dealkylation sites (tertiary alicyclic amines) is 1. The third-order valence-electron chi connectivity index (χ3n) is 4.42. The zero-order valence-electron chi connectivity index (χ0n) is 14.6. The Kier molecular flexibility index (Phi) is 5.08. The maximum Gasteiger partial charge on any atom is 0.233 e. The highest BCUT2D eigenvalue weighted by Crippen LogP contribution is 2.30. The van der Waals surface area contributed by atoms with Crippen LogP contribution in [0.1, 0.15) is 18.4 Å². The quantitative estimate of drug-likeness (QED) is 0.624. The van der Waals surface area contributed by atoms with Gasteiger partial charge in [0, 0.05) is 13.1 Å². The lowest BCUT2D eigenvalue weighted by Crippen LogP contribution is -2.29. The van der Waals surface area contributed by atoms with E-state index in [1.807, 2.05) is 28.5 Å². The molecule has 0 radical (unpaired) electrons. The fraction of sp³-hybridized carbons (Fsp3) is 0.316. The van der Waals surface area contributed by atoms with Crippen LogP contribution >= 0.6 is 23.1 Å². The Morgan fingerprint density at radius 3 is 2.77 bits per heavy atom. The van der Waals surface area contributed by atoms with Gasteiger partial charge in [0.15, 0.2) is 11.0 Å². The van der Waals surface area contributed by atoms with Gasteiger partial charge in [-0.1, -0.05) is 30.0 Å². The molecule has 26 heavy (non-hydrogen) atoms. The van der Waals surface area contributed by atoms with Crippen molar-refractivity contribution in [1.29, 1.82) is 0 Å². The minimum absolute atomic E-state index is 0.184. The first-order valence-electron chi connectivity index (χ1n) is 8.69. The molecule has 1 aliphatic heterocycles. The van der Waals surface area contributed by atoms with Crippen molar-refractivity contribution < 1.29 is 4.79 Å². The number of hydrogen-bond donors (Lipinski definition) is 0. The second kappa shape index (κ2) is 7.63. The Morgan fingerprint density at radius 1 is 1.19 bits per heavy atom. The number of hydrogen-bond acceptors (Lipinski definition) is 5. The molecule has 0 bridgehead atoms. The van der Waals surface area contributed by atoms with Crippen LogP contribution < -0.4 is 0 Å². The van der Waals surface area contributed by atoms with Gasteiger partial charge < -0.3 is 4.90 Å². The van der Waals surface area contributed by atoms with Crippen molar-refractivity contribution in [2.45, 2.75) is 24.9 Å². The fourth-order valence-corrected chi connectivity index (χ4v) is 4.67. The maximum atomic E-state index is 12.4. The summed E-state index contributed by atoms with van der Waals surface area (Å²) in [6.45, 7) is 3.83. The van der Waals surface area contributed by atoms with E-state index in [1.165, 1.54) is 17.3 Å². The number of benzene rings is 1. The lowest BCUT2D eigenvalue weighted by atomic mass is 10.2. The van der Waals surface area contributed by atoms with Crippen LogP contribution in [0.3, 0.4) is 0 Å². The molecule has 4 rings (SSSR count). The molecule has 1 saturated heterocycles. The number of aryl methyl sites for hydroxylation is 1. The number of carbonyl (C=O) groups excluding carboxylic acids is 1. The lowest BCUT2D eigenvalue weighted by Gasteiger charge is -2.15. The molecule has 5 nitrogen and oxygen atoms in total. The number of nitrogens with zero attached hydrogens (tertiary/aromatic N) is 4. The van der Waals surface area contributed by atoms with E-state index in [0.29, 0.717) is 5.75 Å². The van der Waals surface area contributed by atoms with Crippen LogP contribution in [0, 0.1) is 6.92 Å². The molecule has 0 N–H and O–H groups in total. The normalized spacial score (nSPS) is 14.1. The maximum absolute atomic E-state index is 12.4. The topological polar surface area (TPSA) is 51.0 Å². The van der Waals surface area contributed by atoms with Gasteiger partial charge in [0.25, 0.3) is 0 Å². The fourth-order valence-electron chi connectivity index (χ4n) is 3.11. The van der Waals surface area contributed by atoms with Crippen molar-refractivity contribution in [2.24, 2.45) is 0 Å². The molecule has 0 atom stereocenters. The molecule has 0 unspecified atom stereocenters. The Hall–Kier alpha value is -2.12. The molecule has 1 fully saturated rings. The second-order valence-corrected chi connectivity index (χ2v) is 8.22. The average Bonchev–Trinajstić information content (AvgIpc) is 3.40. The van der Waals surface area contributed by atoms with E-state index in [1.54, 1.807) is 11.3 Å². The van der Waals surface area contributed by atoms with Crippen LogP contribution in [0.2, 0.25) is 0 Å². The van der Waals surface area contributed by atoms with Crippen molar-refractivity contribution in [3.05, 3.63) is 47.3 Å². The minimum atomic E-state index is 0.184. The van der Waals surface area contributed by atoms with E-state index in [2.05, 4.69) is 39.9 Å². The van der Waals surface area contributed by atoms with Crippen molar-refractivity contribution in [1.82, 2.24) is 19.7 Å². The molecule has 3 heterocycles. The van der Waals surface area contributed by atoms with Crippen molar-refractivity contribution in [2.75, 3.05) is 18.8 Å². The third kappa shape index (κ3) is 3.54. The first kappa shape index (κ1) is 17.3. The standard InChI is InChI=1S/C19H20N4OS2/c1-14-6-4-7-15(12-14)23-18(16-8-5-11-25-16)20-21-19(23)26-13-17(24)22-9-2-3-10-22/h4-8,11-12H,2-3,9-10,13H2,1H3. The van der Waals surface area contributed by atoms with E-state index in [0.717, 1.165) is 47.5 Å². The van der Waals surface area contributed by atoms with E-state index in [4.69, 9.17) is 0 Å². The summed E-state index contributed by atoms with van der Waals surface area (Å²) in [5, 5.41) is 11.6. The van der Waals surface area contributed by atoms with Crippen molar-refractivity contribution in [3.8, 4) is 16.4 Å². The summed E-state index contributed by atoms with van der Waals surface area (Å²) < 4.78 is 2.06. The number of thiophene rings is 1. The first-order chi connectivity index (χ1) is 12.7. The summed E-state index contributed by atoms with van der Waals surface area (Å²) in [4.78, 5) is 15.4. The third-order valence-corrected chi connectivity index (χ3v) is 6.20. The zero-order valence-corrected chi connectivity index (χ0v) is 16.2. The summed E-state index contributed by atoms with van der Waals surface area (Å²) in [7, 11) is 0. The van der Waals surface area contributed by atoms with Crippen LogP contribution in [0.25, 0.3) is 16.4 Å². The van der Waals surface area contributed by atoms with E-state index in [9.17, 15) is 4.79 Å². The first-order valence-corrected chi connectivity index (χ1v) is 10.6. The molecule has 0 saturated carbocycles. The van der Waals surface area contributed by atoms with Gasteiger partial charge in [-0.05, 0) is 48.9 Å². The predicted octanol–water partition coefficient (Wildman–Crippen LogP) is 4.02. The average molecular weight is 385 g/mol. The van der Waals surface area contributed by atoms with Gasteiger partial charge in [0.2, 0.25) is 5.91 Å². The highest BCUT2D eigenvalue weighted by Gasteiger charge is 2.21. The molecule has 1 aromatic carbocycles. The minimum Gasteiger partial charge on any atom is -0.342 e. The molecule has 2 aromatic heterocycles. The SMILES string of the molecule is Cc1cccc(-n2c(SCC(=O)N3CCCC3)nnc2-c2cccs2)c1. The van der Waals surface area contributed by atoms with Crippen LogP contribution in [0.5, 0.6) is 0 Å². The molecule has 1 amide bonds. The number of amides is 1. The smallest absolute Gasteiger partial charge is 0.233 e. The molecule has 1 aliphatic rings. The summed E-state index contributed by atoms with van der Waals surface area (Å²) in [5.74, 6) is 1.40. The molecule has 3 aromatic rings. The summed E-state index contributed by atoms with van der Waals surface area (Å²) in [6.07, 6.45) is 2.22. The second-order valence-electron chi connectivity index (χ2n) is 6.33. The van der Waals surface area contributed by atoms with Crippen molar-refractivity contribution in [3.63, 3.8) is 0 Å². The van der Waals surface area contributed by atoms with Gasteiger partial charge >= 0.3 is 0 Å². The van der Waals surface area contributed by atoms with Gasteiger partial charge in [-0.3, -0.25) is 9.36 Å². The van der Waals surface area contributed by atoms with Gasteiger partial charge in [-0.15, -0.1) is 21.5 Å². The van der Waals surface area contributed by atoms with Crippen LogP contribution in [-0.4, -0.2) is 44.4 Å². The number of aromatic nitrogens is 3. The molecule has 7 heteroatoms. The number of carbonyl (C=O) groups is 1. The highest BCUT2D eigenvalue weighted by molar-refractivity contribution is 7.99. The Bertz CT molecular complexity index is 898. The van der Waals surface area contributed by atoms with Gasteiger partial charge in [-0.2, -0.15) is 0 Å².